The quantitative estimate of drug-likeness (QED) is 0.119. The van der Waals surface area contributed by atoms with E-state index in [1.54, 1.807) is 30.3 Å². The second kappa shape index (κ2) is 10.7. The van der Waals surface area contributed by atoms with E-state index in [1.807, 2.05) is 31.2 Å². The van der Waals surface area contributed by atoms with Gasteiger partial charge in [-0.15, -0.1) is 12.4 Å². The van der Waals surface area contributed by atoms with Gasteiger partial charge in [0, 0.05) is 34.3 Å². The van der Waals surface area contributed by atoms with E-state index < -0.39 is 14.9 Å². The molecule has 0 amide bonds. The van der Waals surface area contributed by atoms with Gasteiger partial charge in [0.05, 0.1) is 27.4 Å². The Bertz CT molecular complexity index is 1430. The van der Waals surface area contributed by atoms with Gasteiger partial charge in [-0.25, -0.2) is 13.4 Å². The molecule has 2 N–H and O–H groups in total. The molecule has 8 nitrogen and oxygen atoms in total. The zero-order valence-corrected chi connectivity index (χ0v) is 20.2. The Labute approximate surface area is 204 Å². The van der Waals surface area contributed by atoms with Crippen LogP contribution >= 0.6 is 12.4 Å². The summed E-state index contributed by atoms with van der Waals surface area (Å²) >= 11 is 0. The molecule has 0 unspecified atom stereocenters. The lowest BCUT2D eigenvalue weighted by Crippen LogP contribution is -2.16. The first kappa shape index (κ1) is 25.2. The summed E-state index contributed by atoms with van der Waals surface area (Å²) < 4.78 is 27.1. The molecule has 1 heterocycles. The third-order valence-corrected chi connectivity index (χ3v) is 6.69. The molecule has 0 aliphatic carbocycles. The lowest BCUT2D eigenvalue weighted by atomic mass is 10.1. The van der Waals surface area contributed by atoms with Crippen molar-refractivity contribution in [1.29, 1.82) is 0 Å². The van der Waals surface area contributed by atoms with Crippen molar-refractivity contribution in [3.63, 3.8) is 0 Å². The van der Waals surface area contributed by atoms with Crippen LogP contribution in [0.5, 0.6) is 0 Å². The predicted octanol–water partition coefficient (Wildman–Crippen LogP) is 6.39. The van der Waals surface area contributed by atoms with E-state index >= 15 is 0 Å². The third kappa shape index (κ3) is 5.73. The number of nitro benzene ring substituents is 1. The number of pyridine rings is 1. The van der Waals surface area contributed by atoms with Crippen molar-refractivity contribution in [3.05, 3.63) is 76.8 Å². The molecule has 0 bridgehead atoms. The Hall–Kier alpha value is -3.43. The van der Waals surface area contributed by atoms with Crippen LogP contribution in [0.15, 0.2) is 66.7 Å². The molecule has 4 rings (SSSR count). The predicted molar refractivity (Wildman–Crippen MR) is 140 cm³/mol. The number of hydrogen-bond donors (Lipinski definition) is 2. The number of anilines is 3. The minimum Gasteiger partial charge on any atom is -0.354 e. The summed E-state index contributed by atoms with van der Waals surface area (Å²) in [7, 11) is -3.38. The number of nitro groups is 1. The second-order valence-electron chi connectivity index (χ2n) is 7.79. The first-order chi connectivity index (χ1) is 15.9. The molecule has 0 spiro atoms. The highest BCUT2D eigenvalue weighted by Crippen LogP contribution is 2.34. The minimum absolute atomic E-state index is 0. The summed E-state index contributed by atoms with van der Waals surface area (Å²) in [4.78, 5) is 15.3. The van der Waals surface area contributed by atoms with Crippen molar-refractivity contribution in [2.24, 2.45) is 0 Å². The summed E-state index contributed by atoms with van der Waals surface area (Å²) in [5, 5.41) is 16.2. The standard InChI is InChI=1S/C24H24N4O4S.ClH/c1-2-3-6-15-33(31,32)27-18-11-9-17(10-12-18)25-24-20-7-4-5-8-22(20)26-23-16-19(28(29)30)13-14-21(23)24;/h4-5,7-14,16,27H,2-3,6,15H2,1H3,(H,25,26);1H. The van der Waals surface area contributed by atoms with Crippen LogP contribution in [0.25, 0.3) is 21.8 Å². The average Bonchev–Trinajstić information content (AvgIpc) is 2.79. The molecule has 178 valence electrons. The summed E-state index contributed by atoms with van der Waals surface area (Å²) in [5.41, 5.74) is 3.23. The number of nitrogens with zero attached hydrogens (tertiary/aromatic N) is 2. The number of sulfonamides is 1. The van der Waals surface area contributed by atoms with E-state index in [9.17, 15) is 18.5 Å². The number of non-ortho nitro benzene ring substituents is 1. The van der Waals surface area contributed by atoms with Crippen LogP contribution in [0, 0.1) is 10.1 Å². The highest BCUT2D eigenvalue weighted by molar-refractivity contribution is 7.92. The molecule has 0 fully saturated rings. The molecule has 1 aromatic heterocycles. The fourth-order valence-corrected chi connectivity index (χ4v) is 4.85. The number of halogens is 1. The van der Waals surface area contributed by atoms with Crippen LogP contribution in [0.3, 0.4) is 0 Å². The molecule has 0 saturated carbocycles. The molecule has 0 radical (unpaired) electrons. The molecular formula is C24H25ClN4O4S. The van der Waals surface area contributed by atoms with Crippen LogP contribution in [0.2, 0.25) is 0 Å². The number of hydrogen-bond acceptors (Lipinski definition) is 6. The Morgan fingerprint density at radius 1 is 0.912 bits per heavy atom. The summed E-state index contributed by atoms with van der Waals surface area (Å²) in [5.74, 6) is 0.0992. The lowest BCUT2D eigenvalue weighted by molar-refractivity contribution is -0.384. The average molecular weight is 501 g/mol. The van der Waals surface area contributed by atoms with Crippen molar-refractivity contribution in [1.82, 2.24) is 4.98 Å². The number of benzene rings is 3. The van der Waals surface area contributed by atoms with Gasteiger partial charge < -0.3 is 5.32 Å². The molecular weight excluding hydrogens is 476 g/mol. The van der Waals surface area contributed by atoms with Crippen molar-refractivity contribution < 1.29 is 13.3 Å². The van der Waals surface area contributed by atoms with Crippen molar-refractivity contribution in [2.75, 3.05) is 15.8 Å². The minimum atomic E-state index is -3.38. The Morgan fingerprint density at radius 3 is 2.29 bits per heavy atom. The van der Waals surface area contributed by atoms with Crippen LogP contribution in [-0.2, 0) is 10.0 Å². The Balaban J connectivity index is 0.00000324. The maximum absolute atomic E-state index is 12.2. The summed E-state index contributed by atoms with van der Waals surface area (Å²) in [6.07, 6.45) is 2.47. The maximum atomic E-state index is 12.2. The van der Waals surface area contributed by atoms with Gasteiger partial charge >= 0.3 is 0 Å². The van der Waals surface area contributed by atoms with Gasteiger partial charge in [0.25, 0.3) is 5.69 Å². The molecule has 0 saturated heterocycles. The van der Waals surface area contributed by atoms with E-state index in [1.165, 1.54) is 12.1 Å². The van der Waals surface area contributed by atoms with Gasteiger partial charge in [0.15, 0.2) is 0 Å². The lowest BCUT2D eigenvalue weighted by Gasteiger charge is -2.14. The fourth-order valence-electron chi connectivity index (χ4n) is 3.67. The Kier molecular flexibility index (Phi) is 7.90. The van der Waals surface area contributed by atoms with Crippen LogP contribution in [-0.4, -0.2) is 24.1 Å². The van der Waals surface area contributed by atoms with Crippen molar-refractivity contribution in [3.8, 4) is 0 Å². The molecule has 4 aromatic rings. The number of unbranched alkanes of at least 4 members (excludes halogenated alkanes) is 2. The van der Waals surface area contributed by atoms with Gasteiger partial charge in [-0.2, -0.15) is 0 Å². The normalized spacial score (nSPS) is 11.2. The number of rotatable bonds is 9. The largest absolute Gasteiger partial charge is 0.354 e. The van der Waals surface area contributed by atoms with E-state index in [-0.39, 0.29) is 23.8 Å². The number of aromatic nitrogens is 1. The monoisotopic (exact) mass is 500 g/mol. The molecule has 0 aliphatic heterocycles. The van der Waals surface area contributed by atoms with Gasteiger partial charge in [-0.3, -0.25) is 14.8 Å². The van der Waals surface area contributed by atoms with E-state index in [2.05, 4.69) is 15.0 Å². The maximum Gasteiger partial charge on any atom is 0.271 e. The zero-order valence-electron chi connectivity index (χ0n) is 18.5. The van der Waals surface area contributed by atoms with Gasteiger partial charge in [-0.1, -0.05) is 38.0 Å². The molecule has 0 aliphatic rings. The van der Waals surface area contributed by atoms with E-state index in [0.717, 1.165) is 35.0 Å². The number of para-hydroxylation sites is 1. The Morgan fingerprint density at radius 2 is 1.59 bits per heavy atom. The molecule has 3 aromatic carbocycles. The second-order valence-corrected chi connectivity index (χ2v) is 9.63. The topological polar surface area (TPSA) is 114 Å². The van der Waals surface area contributed by atoms with Crippen LogP contribution in [0.4, 0.5) is 22.7 Å². The van der Waals surface area contributed by atoms with E-state index in [0.29, 0.717) is 23.1 Å². The smallest absolute Gasteiger partial charge is 0.271 e. The first-order valence-corrected chi connectivity index (χ1v) is 12.4. The van der Waals surface area contributed by atoms with Crippen molar-refractivity contribution in [2.45, 2.75) is 26.2 Å². The van der Waals surface area contributed by atoms with E-state index in [4.69, 9.17) is 0 Å². The fraction of sp³-hybridized carbons (Fsp3) is 0.208. The summed E-state index contributed by atoms with van der Waals surface area (Å²) in [6, 6.07) is 19.2. The van der Waals surface area contributed by atoms with Gasteiger partial charge in [0.2, 0.25) is 10.0 Å². The zero-order chi connectivity index (χ0) is 23.4. The van der Waals surface area contributed by atoms with Gasteiger partial charge in [-0.05, 0) is 42.8 Å². The molecule has 0 atom stereocenters. The molecule has 10 heteroatoms. The molecule has 34 heavy (non-hydrogen) atoms. The van der Waals surface area contributed by atoms with Crippen molar-refractivity contribution >= 4 is 67.0 Å². The first-order valence-electron chi connectivity index (χ1n) is 10.7. The SMILES string of the molecule is CCCCCS(=O)(=O)Nc1ccc(Nc2c3ccccc3nc3cc([N+](=O)[O-])ccc23)cc1.Cl. The summed E-state index contributed by atoms with van der Waals surface area (Å²) in [6.45, 7) is 2.03. The highest BCUT2D eigenvalue weighted by atomic mass is 35.5. The van der Waals surface area contributed by atoms with Crippen LogP contribution in [0.1, 0.15) is 26.2 Å². The third-order valence-electron chi connectivity index (χ3n) is 5.32. The number of nitrogens with one attached hydrogen (secondary N) is 2. The number of fused-ring (bicyclic) bond motifs is 2. The van der Waals surface area contributed by atoms with Gasteiger partial charge in [0.1, 0.15) is 0 Å². The van der Waals surface area contributed by atoms with Crippen LogP contribution < -0.4 is 10.0 Å². The highest BCUT2D eigenvalue weighted by Gasteiger charge is 2.14.